The van der Waals surface area contributed by atoms with Gasteiger partial charge in [-0.1, -0.05) is 59.4 Å². The predicted octanol–water partition coefficient (Wildman–Crippen LogP) is 5.08. The molecule has 1 aromatic heterocycles. The zero-order chi connectivity index (χ0) is 27.7. The average molecular weight is 564 g/mol. The summed E-state index contributed by atoms with van der Waals surface area (Å²) >= 11 is 1.35. The number of benzene rings is 3. The summed E-state index contributed by atoms with van der Waals surface area (Å²) < 4.78 is 34.8. The Balaban J connectivity index is 1.29. The van der Waals surface area contributed by atoms with E-state index in [2.05, 4.69) is 10.3 Å². The van der Waals surface area contributed by atoms with Gasteiger partial charge in [-0.3, -0.25) is 14.9 Å². The number of sulfonamides is 1. The first-order valence-corrected chi connectivity index (χ1v) is 14.9. The van der Waals surface area contributed by atoms with Gasteiger partial charge in [0, 0.05) is 6.54 Å². The van der Waals surface area contributed by atoms with Gasteiger partial charge in [0.1, 0.15) is 0 Å². The summed E-state index contributed by atoms with van der Waals surface area (Å²) in [6.07, 6.45) is 0.325. The molecule has 0 spiro atoms. The molecule has 10 heteroatoms. The van der Waals surface area contributed by atoms with Crippen molar-refractivity contribution >= 4 is 48.6 Å². The Morgan fingerprint density at radius 2 is 1.79 bits per heavy atom. The Hall–Kier alpha value is -3.60. The lowest BCUT2D eigenvalue weighted by Crippen LogP contribution is -2.41. The van der Waals surface area contributed by atoms with E-state index < -0.39 is 34.5 Å². The van der Waals surface area contributed by atoms with Crippen LogP contribution in [0.15, 0.2) is 65.6 Å². The summed E-state index contributed by atoms with van der Waals surface area (Å²) in [5.41, 5.74) is 5.66. The first-order valence-electron chi connectivity index (χ1n) is 12.6. The highest BCUT2D eigenvalue weighted by Gasteiger charge is 2.37. The Kier molecular flexibility index (Phi) is 7.53. The van der Waals surface area contributed by atoms with Crippen molar-refractivity contribution in [3.8, 4) is 0 Å². The number of aryl methyl sites for hydroxylation is 3. The SMILES string of the molecule is Cc1ccc(S(=O)(=O)N2CCc3ccccc3C2CC(=O)OCC(=O)Nc2nc3c(C)cc(C)cc3s2)cc1. The number of carbonyl (C=O) groups is 2. The number of ether oxygens (including phenoxy) is 1. The van der Waals surface area contributed by atoms with Crippen molar-refractivity contribution in [2.45, 2.75) is 44.6 Å². The second-order valence-corrected chi connectivity index (χ2v) is 12.7. The molecule has 1 aliphatic rings. The molecule has 0 fully saturated rings. The highest BCUT2D eigenvalue weighted by atomic mass is 32.2. The number of fused-ring (bicyclic) bond motifs is 2. The van der Waals surface area contributed by atoms with Crippen LogP contribution in [-0.2, 0) is 30.8 Å². The van der Waals surface area contributed by atoms with Gasteiger partial charge in [0.25, 0.3) is 5.91 Å². The molecule has 5 rings (SSSR count). The first-order chi connectivity index (χ1) is 18.6. The lowest BCUT2D eigenvalue weighted by atomic mass is 9.92. The molecule has 0 aliphatic carbocycles. The summed E-state index contributed by atoms with van der Waals surface area (Å²) in [6, 6.07) is 17.5. The van der Waals surface area contributed by atoms with Gasteiger partial charge in [-0.25, -0.2) is 13.4 Å². The third kappa shape index (κ3) is 5.73. The Morgan fingerprint density at radius 3 is 2.56 bits per heavy atom. The Morgan fingerprint density at radius 1 is 1.05 bits per heavy atom. The van der Waals surface area contributed by atoms with Gasteiger partial charge >= 0.3 is 5.97 Å². The van der Waals surface area contributed by atoms with Crippen LogP contribution in [0.25, 0.3) is 10.2 Å². The largest absolute Gasteiger partial charge is 0.456 e. The molecule has 8 nitrogen and oxygen atoms in total. The molecular formula is C29H29N3O5S2. The smallest absolute Gasteiger partial charge is 0.308 e. The van der Waals surface area contributed by atoms with Crippen LogP contribution >= 0.6 is 11.3 Å². The van der Waals surface area contributed by atoms with Gasteiger partial charge in [0.15, 0.2) is 11.7 Å². The van der Waals surface area contributed by atoms with E-state index in [1.54, 1.807) is 24.3 Å². The number of hydrogen-bond donors (Lipinski definition) is 1. The summed E-state index contributed by atoms with van der Waals surface area (Å²) in [6.45, 7) is 5.60. The van der Waals surface area contributed by atoms with Crippen molar-refractivity contribution in [3.05, 3.63) is 88.5 Å². The molecule has 202 valence electrons. The lowest BCUT2D eigenvalue weighted by Gasteiger charge is -2.36. The normalized spacial score (nSPS) is 15.6. The number of carbonyl (C=O) groups excluding carboxylic acids is 2. The summed E-state index contributed by atoms with van der Waals surface area (Å²) in [4.78, 5) is 30.1. The number of anilines is 1. The van der Waals surface area contributed by atoms with Gasteiger partial charge < -0.3 is 4.74 Å². The molecule has 39 heavy (non-hydrogen) atoms. The zero-order valence-corrected chi connectivity index (χ0v) is 23.6. The van der Waals surface area contributed by atoms with E-state index in [1.165, 1.54) is 15.6 Å². The van der Waals surface area contributed by atoms with Crippen molar-refractivity contribution in [1.82, 2.24) is 9.29 Å². The molecule has 1 atom stereocenters. The fourth-order valence-corrected chi connectivity index (χ4v) is 7.58. The van der Waals surface area contributed by atoms with E-state index >= 15 is 0 Å². The van der Waals surface area contributed by atoms with E-state index in [1.807, 2.05) is 57.2 Å². The summed E-state index contributed by atoms with van der Waals surface area (Å²) in [7, 11) is -3.87. The van der Waals surface area contributed by atoms with E-state index in [0.29, 0.717) is 11.6 Å². The molecule has 1 aliphatic heterocycles. The molecule has 4 aromatic rings. The molecule has 1 amide bonds. The number of amides is 1. The number of hydrogen-bond acceptors (Lipinski definition) is 7. The second-order valence-electron chi connectivity index (χ2n) is 9.75. The minimum Gasteiger partial charge on any atom is -0.456 e. The van der Waals surface area contributed by atoms with Crippen LogP contribution in [0.5, 0.6) is 0 Å². The number of thiazole rings is 1. The predicted molar refractivity (Wildman–Crippen MR) is 151 cm³/mol. The van der Waals surface area contributed by atoms with Crippen molar-refractivity contribution in [3.63, 3.8) is 0 Å². The standard InChI is InChI=1S/C29H29N3O5S2/c1-18-8-10-22(11-9-18)39(35,36)32-13-12-21-6-4-5-7-23(21)24(32)16-27(34)37-17-26(33)30-29-31-28-20(3)14-19(2)15-25(28)38-29/h4-11,14-15,24H,12-13,16-17H2,1-3H3,(H,30,31,33). The molecule has 0 bridgehead atoms. The molecule has 0 saturated carbocycles. The van der Waals surface area contributed by atoms with Gasteiger partial charge in [-0.15, -0.1) is 0 Å². The maximum Gasteiger partial charge on any atom is 0.308 e. The highest BCUT2D eigenvalue weighted by molar-refractivity contribution is 7.89. The number of nitrogens with one attached hydrogen (secondary N) is 1. The molecule has 1 unspecified atom stereocenters. The van der Waals surface area contributed by atoms with Crippen LogP contribution in [0.1, 0.15) is 40.3 Å². The van der Waals surface area contributed by atoms with Crippen LogP contribution in [0.4, 0.5) is 5.13 Å². The van der Waals surface area contributed by atoms with Crippen molar-refractivity contribution < 1.29 is 22.7 Å². The van der Waals surface area contributed by atoms with Crippen LogP contribution in [0.3, 0.4) is 0 Å². The number of aromatic nitrogens is 1. The van der Waals surface area contributed by atoms with Crippen LogP contribution in [-0.4, -0.2) is 42.7 Å². The van der Waals surface area contributed by atoms with Crippen molar-refractivity contribution in [2.24, 2.45) is 0 Å². The summed E-state index contributed by atoms with van der Waals surface area (Å²) in [5, 5.41) is 3.12. The van der Waals surface area contributed by atoms with E-state index in [0.717, 1.165) is 38.0 Å². The minimum atomic E-state index is -3.87. The third-order valence-corrected chi connectivity index (χ3v) is 9.63. The van der Waals surface area contributed by atoms with Gasteiger partial charge in [-0.05, 0) is 67.6 Å². The average Bonchev–Trinajstić information content (AvgIpc) is 3.30. The zero-order valence-electron chi connectivity index (χ0n) is 21.9. The van der Waals surface area contributed by atoms with E-state index in [4.69, 9.17) is 4.74 Å². The lowest BCUT2D eigenvalue weighted by molar-refractivity contribution is -0.148. The quantitative estimate of drug-likeness (QED) is 0.314. The van der Waals surface area contributed by atoms with Crippen LogP contribution in [0.2, 0.25) is 0 Å². The van der Waals surface area contributed by atoms with Gasteiger partial charge in [-0.2, -0.15) is 4.31 Å². The van der Waals surface area contributed by atoms with Gasteiger partial charge in [0.2, 0.25) is 10.0 Å². The topological polar surface area (TPSA) is 106 Å². The number of esters is 1. The summed E-state index contributed by atoms with van der Waals surface area (Å²) in [5.74, 6) is -1.17. The molecular weight excluding hydrogens is 534 g/mol. The van der Waals surface area contributed by atoms with E-state index in [-0.39, 0.29) is 17.9 Å². The van der Waals surface area contributed by atoms with Crippen molar-refractivity contribution in [1.29, 1.82) is 0 Å². The minimum absolute atomic E-state index is 0.173. The van der Waals surface area contributed by atoms with Crippen LogP contribution < -0.4 is 5.32 Å². The highest BCUT2D eigenvalue weighted by Crippen LogP contribution is 2.36. The fraction of sp³-hybridized carbons (Fsp3) is 0.276. The number of rotatable bonds is 7. The molecule has 2 heterocycles. The van der Waals surface area contributed by atoms with Crippen molar-refractivity contribution in [2.75, 3.05) is 18.5 Å². The van der Waals surface area contributed by atoms with Crippen LogP contribution in [0, 0.1) is 20.8 Å². The molecule has 1 N–H and O–H groups in total. The molecule has 0 radical (unpaired) electrons. The third-order valence-electron chi connectivity index (χ3n) is 6.79. The molecule has 3 aromatic carbocycles. The Bertz CT molecular complexity index is 1660. The molecule has 0 saturated heterocycles. The second kappa shape index (κ2) is 10.9. The maximum atomic E-state index is 13.6. The monoisotopic (exact) mass is 563 g/mol. The Labute approximate surface area is 231 Å². The fourth-order valence-electron chi connectivity index (χ4n) is 4.92. The number of nitrogens with zero attached hydrogens (tertiary/aromatic N) is 2. The van der Waals surface area contributed by atoms with Gasteiger partial charge in [0.05, 0.1) is 27.6 Å². The maximum absolute atomic E-state index is 13.6. The first kappa shape index (κ1) is 27.0. The van der Waals surface area contributed by atoms with E-state index in [9.17, 15) is 18.0 Å².